The topological polar surface area (TPSA) is 33.5 Å². The van der Waals surface area contributed by atoms with Gasteiger partial charge in [0.1, 0.15) is 0 Å². The first-order valence-electron chi connectivity index (χ1n) is 5.94. The van der Waals surface area contributed by atoms with Crippen LogP contribution in [-0.4, -0.2) is 12.8 Å². The standard InChI is InChI=1S/C15H17NO2/c1-11-6-4-5-7-13(11)10-16(3)15-9-8-14(18-15)12(2)17/h4-9H,10H2,1-3H3. The van der Waals surface area contributed by atoms with Crippen LogP contribution in [0.2, 0.25) is 0 Å². The van der Waals surface area contributed by atoms with E-state index in [1.165, 1.54) is 18.1 Å². The molecule has 0 saturated carbocycles. The molecule has 18 heavy (non-hydrogen) atoms. The van der Waals surface area contributed by atoms with Crippen LogP contribution in [0, 0.1) is 6.92 Å². The monoisotopic (exact) mass is 243 g/mol. The highest BCUT2D eigenvalue weighted by molar-refractivity contribution is 5.91. The zero-order chi connectivity index (χ0) is 13.1. The zero-order valence-electron chi connectivity index (χ0n) is 10.9. The summed E-state index contributed by atoms with van der Waals surface area (Å²) < 4.78 is 5.50. The van der Waals surface area contributed by atoms with E-state index in [4.69, 9.17) is 4.42 Å². The molecule has 0 saturated heterocycles. The van der Waals surface area contributed by atoms with Crippen molar-refractivity contribution < 1.29 is 9.21 Å². The number of hydrogen-bond acceptors (Lipinski definition) is 3. The van der Waals surface area contributed by atoms with Gasteiger partial charge in [-0.1, -0.05) is 24.3 Å². The molecule has 0 amide bonds. The van der Waals surface area contributed by atoms with E-state index in [0.717, 1.165) is 6.54 Å². The fourth-order valence-corrected chi connectivity index (χ4v) is 1.84. The SMILES string of the molecule is CC(=O)c1ccc(N(C)Cc2ccccc2C)o1. The van der Waals surface area contributed by atoms with Crippen molar-refractivity contribution in [3.63, 3.8) is 0 Å². The van der Waals surface area contributed by atoms with Gasteiger partial charge in [0.25, 0.3) is 0 Å². The van der Waals surface area contributed by atoms with Crippen molar-refractivity contribution in [1.29, 1.82) is 0 Å². The lowest BCUT2D eigenvalue weighted by atomic mass is 10.1. The maximum atomic E-state index is 11.2. The van der Waals surface area contributed by atoms with Gasteiger partial charge in [-0.15, -0.1) is 0 Å². The Hall–Kier alpha value is -2.03. The Morgan fingerprint density at radius 1 is 1.22 bits per heavy atom. The fraction of sp³-hybridized carbons (Fsp3) is 0.267. The van der Waals surface area contributed by atoms with Crippen LogP contribution in [0.25, 0.3) is 0 Å². The van der Waals surface area contributed by atoms with Crippen molar-refractivity contribution in [2.24, 2.45) is 0 Å². The Labute approximate surface area is 107 Å². The Balaban J connectivity index is 2.14. The molecule has 0 radical (unpaired) electrons. The second-order valence-corrected chi connectivity index (χ2v) is 4.48. The van der Waals surface area contributed by atoms with Gasteiger partial charge in [0.2, 0.25) is 0 Å². The van der Waals surface area contributed by atoms with Crippen LogP contribution < -0.4 is 4.90 Å². The summed E-state index contributed by atoms with van der Waals surface area (Å²) in [5, 5.41) is 0. The zero-order valence-corrected chi connectivity index (χ0v) is 10.9. The normalized spacial score (nSPS) is 10.4. The molecule has 1 heterocycles. The van der Waals surface area contributed by atoms with Crippen LogP contribution in [0.3, 0.4) is 0 Å². The Morgan fingerprint density at radius 2 is 1.94 bits per heavy atom. The number of nitrogens with zero attached hydrogens (tertiary/aromatic N) is 1. The van der Waals surface area contributed by atoms with E-state index < -0.39 is 0 Å². The minimum absolute atomic E-state index is 0.0504. The first kappa shape index (κ1) is 12.4. The quantitative estimate of drug-likeness (QED) is 0.771. The highest BCUT2D eigenvalue weighted by Gasteiger charge is 2.10. The molecule has 1 aromatic carbocycles. The third-order valence-electron chi connectivity index (χ3n) is 2.98. The Morgan fingerprint density at radius 3 is 2.56 bits per heavy atom. The van der Waals surface area contributed by atoms with Crippen LogP contribution in [0.1, 0.15) is 28.6 Å². The summed E-state index contributed by atoms with van der Waals surface area (Å²) in [4.78, 5) is 13.2. The number of rotatable bonds is 4. The van der Waals surface area contributed by atoms with Gasteiger partial charge in [-0.05, 0) is 24.1 Å². The molecule has 1 aromatic heterocycles. The highest BCUT2D eigenvalue weighted by Crippen LogP contribution is 2.20. The molecular formula is C15H17NO2. The van der Waals surface area contributed by atoms with E-state index >= 15 is 0 Å². The molecule has 0 bridgehead atoms. The van der Waals surface area contributed by atoms with Gasteiger partial charge in [0.05, 0.1) is 0 Å². The van der Waals surface area contributed by atoms with Crippen molar-refractivity contribution >= 4 is 11.7 Å². The third-order valence-corrected chi connectivity index (χ3v) is 2.98. The number of benzene rings is 1. The lowest BCUT2D eigenvalue weighted by Gasteiger charge is -2.17. The second kappa shape index (κ2) is 5.08. The maximum Gasteiger partial charge on any atom is 0.196 e. The number of carbonyl (C=O) groups is 1. The number of ketones is 1. The van der Waals surface area contributed by atoms with Crippen LogP contribution in [0.5, 0.6) is 0 Å². The smallest absolute Gasteiger partial charge is 0.196 e. The first-order valence-corrected chi connectivity index (χ1v) is 5.94. The van der Waals surface area contributed by atoms with Gasteiger partial charge in [-0.25, -0.2) is 0 Å². The van der Waals surface area contributed by atoms with Crippen molar-refractivity contribution in [3.8, 4) is 0 Å². The third kappa shape index (κ3) is 2.62. The Kier molecular flexibility index (Phi) is 3.51. The average Bonchev–Trinajstić information content (AvgIpc) is 2.81. The van der Waals surface area contributed by atoms with E-state index in [1.54, 1.807) is 6.07 Å². The summed E-state index contributed by atoms with van der Waals surface area (Å²) in [6.07, 6.45) is 0. The van der Waals surface area contributed by atoms with Crippen molar-refractivity contribution in [3.05, 3.63) is 53.3 Å². The molecule has 3 nitrogen and oxygen atoms in total. The lowest BCUT2D eigenvalue weighted by molar-refractivity contribution is 0.0988. The minimum atomic E-state index is -0.0504. The predicted octanol–water partition coefficient (Wildman–Crippen LogP) is 3.43. The van der Waals surface area contributed by atoms with Crippen LogP contribution in [-0.2, 0) is 6.54 Å². The van der Waals surface area contributed by atoms with Crippen molar-refractivity contribution in [2.75, 3.05) is 11.9 Å². The van der Waals surface area contributed by atoms with E-state index in [1.807, 2.05) is 30.1 Å². The number of Topliss-reactive ketones (excluding diaryl/α,β-unsaturated/α-hetero) is 1. The van der Waals surface area contributed by atoms with Crippen molar-refractivity contribution in [1.82, 2.24) is 0 Å². The van der Waals surface area contributed by atoms with Crippen LogP contribution >= 0.6 is 0 Å². The number of aryl methyl sites for hydroxylation is 1. The first-order chi connectivity index (χ1) is 8.58. The molecule has 0 N–H and O–H groups in total. The molecule has 2 rings (SSSR count). The molecular weight excluding hydrogens is 226 g/mol. The Bertz CT molecular complexity index is 557. The van der Waals surface area contributed by atoms with Gasteiger partial charge in [0, 0.05) is 26.6 Å². The summed E-state index contributed by atoms with van der Waals surface area (Å²) in [5.41, 5.74) is 2.50. The number of furan rings is 1. The molecule has 2 aromatic rings. The number of anilines is 1. The summed E-state index contributed by atoms with van der Waals surface area (Å²) in [6.45, 7) is 4.35. The minimum Gasteiger partial charge on any atom is -0.437 e. The lowest BCUT2D eigenvalue weighted by Crippen LogP contribution is -2.16. The largest absolute Gasteiger partial charge is 0.437 e. The van der Waals surface area contributed by atoms with Crippen molar-refractivity contribution in [2.45, 2.75) is 20.4 Å². The molecule has 0 aliphatic carbocycles. The number of hydrogen-bond donors (Lipinski definition) is 0. The average molecular weight is 243 g/mol. The van der Waals surface area contributed by atoms with E-state index in [9.17, 15) is 4.79 Å². The molecule has 0 fully saturated rings. The molecule has 0 atom stereocenters. The molecule has 0 unspecified atom stereocenters. The fourth-order valence-electron chi connectivity index (χ4n) is 1.84. The van der Waals surface area contributed by atoms with Gasteiger partial charge in [-0.3, -0.25) is 4.79 Å². The van der Waals surface area contributed by atoms with E-state index in [2.05, 4.69) is 19.1 Å². The van der Waals surface area contributed by atoms with Gasteiger partial charge in [-0.2, -0.15) is 0 Å². The highest BCUT2D eigenvalue weighted by atomic mass is 16.4. The predicted molar refractivity (Wildman–Crippen MR) is 72.0 cm³/mol. The summed E-state index contributed by atoms with van der Waals surface area (Å²) in [7, 11) is 1.95. The number of carbonyl (C=O) groups excluding carboxylic acids is 1. The van der Waals surface area contributed by atoms with Gasteiger partial charge >= 0.3 is 0 Å². The molecule has 94 valence electrons. The molecule has 0 spiro atoms. The second-order valence-electron chi connectivity index (χ2n) is 4.48. The van der Waals surface area contributed by atoms with E-state index in [-0.39, 0.29) is 5.78 Å². The summed E-state index contributed by atoms with van der Waals surface area (Å²) >= 11 is 0. The molecule has 3 heteroatoms. The maximum absolute atomic E-state index is 11.2. The molecule has 0 aliphatic heterocycles. The van der Waals surface area contributed by atoms with Crippen LogP contribution in [0.15, 0.2) is 40.8 Å². The summed E-state index contributed by atoms with van der Waals surface area (Å²) in [5.74, 6) is 1.07. The van der Waals surface area contributed by atoms with Gasteiger partial charge in [0.15, 0.2) is 17.4 Å². The van der Waals surface area contributed by atoms with Gasteiger partial charge < -0.3 is 9.32 Å². The molecule has 0 aliphatic rings. The van der Waals surface area contributed by atoms with E-state index in [0.29, 0.717) is 11.6 Å². The van der Waals surface area contributed by atoms with Crippen LogP contribution in [0.4, 0.5) is 5.88 Å². The summed E-state index contributed by atoms with van der Waals surface area (Å²) in [6, 6.07) is 11.8.